The van der Waals surface area contributed by atoms with E-state index in [1.54, 1.807) is 12.1 Å². The summed E-state index contributed by atoms with van der Waals surface area (Å²) < 4.78 is 6.29. The quantitative estimate of drug-likeness (QED) is 0.588. The summed E-state index contributed by atoms with van der Waals surface area (Å²) in [6.45, 7) is 0. The van der Waals surface area contributed by atoms with Gasteiger partial charge in [0.1, 0.15) is 5.75 Å². The molecule has 0 spiro atoms. The fraction of sp³-hybridized carbons (Fsp3) is 0.125. The zero-order valence-corrected chi connectivity index (χ0v) is 17.6. The Kier molecular flexibility index (Phi) is 5.67. The third kappa shape index (κ3) is 4.35. The standard InChI is InChI=1S/C24H21BrN2O2/c1-29-21-13-9-19(10-14-21)23-16-22(18-7-11-20(25)12-8-18)26-27(23)24(28)15-17-5-3-2-4-6-17/h2-14,16,23,26H,15H2,1H3/t23-/m0/s1. The number of amides is 1. The van der Waals surface area contributed by atoms with Crippen molar-refractivity contribution >= 4 is 27.5 Å². The van der Waals surface area contributed by atoms with E-state index in [4.69, 9.17) is 4.74 Å². The molecule has 1 heterocycles. The van der Waals surface area contributed by atoms with E-state index < -0.39 is 0 Å². The molecule has 0 fully saturated rings. The van der Waals surface area contributed by atoms with Gasteiger partial charge in [-0.2, -0.15) is 0 Å². The first kappa shape index (κ1) is 19.3. The van der Waals surface area contributed by atoms with Gasteiger partial charge in [0, 0.05) is 4.47 Å². The summed E-state index contributed by atoms with van der Waals surface area (Å²) in [6, 6.07) is 25.5. The fourth-order valence-corrected chi connectivity index (χ4v) is 3.64. The topological polar surface area (TPSA) is 41.6 Å². The van der Waals surface area contributed by atoms with Gasteiger partial charge in [0.05, 0.1) is 25.3 Å². The van der Waals surface area contributed by atoms with Crippen molar-refractivity contribution in [2.45, 2.75) is 12.5 Å². The van der Waals surface area contributed by atoms with E-state index in [1.807, 2.05) is 78.9 Å². The van der Waals surface area contributed by atoms with Crippen LogP contribution < -0.4 is 10.2 Å². The van der Waals surface area contributed by atoms with Crippen molar-refractivity contribution in [2.75, 3.05) is 7.11 Å². The van der Waals surface area contributed by atoms with Gasteiger partial charge >= 0.3 is 0 Å². The zero-order valence-electron chi connectivity index (χ0n) is 16.0. The number of halogens is 1. The summed E-state index contributed by atoms with van der Waals surface area (Å²) in [5.74, 6) is 0.805. The molecule has 1 N–H and O–H groups in total. The molecule has 5 heteroatoms. The monoisotopic (exact) mass is 448 g/mol. The number of methoxy groups -OCH3 is 1. The number of hydrogen-bond donors (Lipinski definition) is 1. The molecule has 0 saturated heterocycles. The molecule has 4 nitrogen and oxygen atoms in total. The van der Waals surface area contributed by atoms with E-state index in [9.17, 15) is 4.79 Å². The van der Waals surface area contributed by atoms with Crippen LogP contribution in [0.4, 0.5) is 0 Å². The molecule has 1 aliphatic heterocycles. The van der Waals surface area contributed by atoms with Crippen LogP contribution in [0.2, 0.25) is 0 Å². The van der Waals surface area contributed by atoms with Crippen LogP contribution in [-0.4, -0.2) is 18.0 Å². The van der Waals surface area contributed by atoms with Gasteiger partial charge in [-0.1, -0.05) is 70.5 Å². The lowest BCUT2D eigenvalue weighted by atomic mass is 10.0. The van der Waals surface area contributed by atoms with Crippen LogP contribution in [0.1, 0.15) is 22.7 Å². The summed E-state index contributed by atoms with van der Waals surface area (Å²) in [5.41, 5.74) is 7.28. The van der Waals surface area contributed by atoms with Crippen LogP contribution in [0.25, 0.3) is 5.70 Å². The van der Waals surface area contributed by atoms with Crippen molar-refractivity contribution in [2.24, 2.45) is 0 Å². The fourth-order valence-electron chi connectivity index (χ4n) is 3.38. The molecule has 0 saturated carbocycles. The summed E-state index contributed by atoms with van der Waals surface area (Å²) >= 11 is 3.47. The van der Waals surface area contributed by atoms with Crippen LogP contribution >= 0.6 is 15.9 Å². The number of benzene rings is 3. The molecule has 3 aromatic carbocycles. The largest absolute Gasteiger partial charge is 0.497 e. The number of nitrogens with one attached hydrogen (secondary N) is 1. The van der Waals surface area contributed by atoms with Crippen LogP contribution in [-0.2, 0) is 11.2 Å². The number of hydrogen-bond acceptors (Lipinski definition) is 3. The minimum absolute atomic E-state index is 0.0142. The van der Waals surface area contributed by atoms with Gasteiger partial charge in [-0.15, -0.1) is 0 Å². The molecule has 1 amide bonds. The van der Waals surface area contributed by atoms with E-state index in [0.29, 0.717) is 6.42 Å². The Morgan fingerprint density at radius 2 is 1.69 bits per heavy atom. The molecule has 1 aliphatic rings. The Morgan fingerprint density at radius 1 is 1.00 bits per heavy atom. The number of ether oxygens (including phenoxy) is 1. The van der Waals surface area contributed by atoms with Crippen molar-refractivity contribution in [3.05, 3.63) is 106 Å². The highest BCUT2D eigenvalue weighted by Gasteiger charge is 2.30. The number of carbonyl (C=O) groups is 1. The number of carbonyl (C=O) groups excluding carboxylic acids is 1. The van der Waals surface area contributed by atoms with Gasteiger partial charge in [-0.25, -0.2) is 5.01 Å². The Balaban J connectivity index is 1.64. The molecule has 146 valence electrons. The first-order valence-corrected chi connectivity index (χ1v) is 10.2. The molecule has 0 bridgehead atoms. The Hall–Kier alpha value is -3.05. The Morgan fingerprint density at radius 3 is 2.34 bits per heavy atom. The molecule has 0 unspecified atom stereocenters. The van der Waals surface area contributed by atoms with Crippen molar-refractivity contribution in [3.8, 4) is 5.75 Å². The predicted octanol–water partition coefficient (Wildman–Crippen LogP) is 5.13. The first-order chi connectivity index (χ1) is 14.1. The predicted molar refractivity (Wildman–Crippen MR) is 118 cm³/mol. The minimum Gasteiger partial charge on any atom is -0.497 e. The van der Waals surface area contributed by atoms with E-state index >= 15 is 0 Å². The third-order valence-electron chi connectivity index (χ3n) is 4.92. The zero-order chi connectivity index (χ0) is 20.2. The van der Waals surface area contributed by atoms with Gasteiger partial charge in [0.2, 0.25) is 5.91 Å². The first-order valence-electron chi connectivity index (χ1n) is 9.38. The van der Waals surface area contributed by atoms with Crippen molar-refractivity contribution in [1.82, 2.24) is 10.4 Å². The summed E-state index contributed by atoms with van der Waals surface area (Å²) in [6.07, 6.45) is 2.43. The molecule has 29 heavy (non-hydrogen) atoms. The second-order valence-electron chi connectivity index (χ2n) is 6.84. The maximum atomic E-state index is 13.2. The average Bonchev–Trinajstić information content (AvgIpc) is 3.21. The minimum atomic E-state index is -0.198. The Bertz CT molecular complexity index is 1020. The molecule has 0 aromatic heterocycles. The second-order valence-corrected chi connectivity index (χ2v) is 7.76. The van der Waals surface area contributed by atoms with E-state index in [1.165, 1.54) is 0 Å². The van der Waals surface area contributed by atoms with E-state index in [-0.39, 0.29) is 11.9 Å². The highest BCUT2D eigenvalue weighted by molar-refractivity contribution is 9.10. The molecular formula is C24H21BrN2O2. The molecule has 0 radical (unpaired) electrons. The molecular weight excluding hydrogens is 428 g/mol. The van der Waals surface area contributed by atoms with Crippen molar-refractivity contribution < 1.29 is 9.53 Å². The third-order valence-corrected chi connectivity index (χ3v) is 5.45. The molecule has 0 aliphatic carbocycles. The lowest BCUT2D eigenvalue weighted by Gasteiger charge is -2.26. The lowest BCUT2D eigenvalue weighted by Crippen LogP contribution is -2.40. The SMILES string of the molecule is COc1ccc([C@@H]2C=C(c3ccc(Br)cc3)NN2C(=O)Cc2ccccc2)cc1. The summed E-state index contributed by atoms with van der Waals surface area (Å²) in [7, 11) is 1.65. The summed E-state index contributed by atoms with van der Waals surface area (Å²) in [4.78, 5) is 13.2. The van der Waals surface area contributed by atoms with Crippen LogP contribution in [0.3, 0.4) is 0 Å². The lowest BCUT2D eigenvalue weighted by molar-refractivity contribution is -0.133. The van der Waals surface area contributed by atoms with E-state index in [2.05, 4.69) is 27.4 Å². The summed E-state index contributed by atoms with van der Waals surface area (Å²) in [5, 5.41) is 1.71. The van der Waals surface area contributed by atoms with Gasteiger partial charge in [0.25, 0.3) is 0 Å². The highest BCUT2D eigenvalue weighted by Crippen LogP contribution is 2.33. The molecule has 4 rings (SSSR count). The molecule has 1 atom stereocenters. The Labute approximate surface area is 178 Å². The maximum absolute atomic E-state index is 13.2. The number of rotatable bonds is 5. The normalized spacial score (nSPS) is 15.6. The number of hydrazine groups is 1. The smallest absolute Gasteiger partial charge is 0.246 e. The van der Waals surface area contributed by atoms with Gasteiger partial charge in [0.15, 0.2) is 0 Å². The van der Waals surface area contributed by atoms with Crippen LogP contribution in [0.15, 0.2) is 89.4 Å². The van der Waals surface area contributed by atoms with Gasteiger partial charge in [-0.3, -0.25) is 10.2 Å². The average molecular weight is 449 g/mol. The van der Waals surface area contributed by atoms with Crippen molar-refractivity contribution in [3.63, 3.8) is 0 Å². The molecule has 3 aromatic rings. The highest BCUT2D eigenvalue weighted by atomic mass is 79.9. The van der Waals surface area contributed by atoms with Gasteiger partial charge in [-0.05, 0) is 47.0 Å². The van der Waals surface area contributed by atoms with Crippen LogP contribution in [0.5, 0.6) is 5.75 Å². The van der Waals surface area contributed by atoms with Crippen LogP contribution in [0, 0.1) is 0 Å². The van der Waals surface area contributed by atoms with Crippen molar-refractivity contribution in [1.29, 1.82) is 0 Å². The number of nitrogens with zero attached hydrogens (tertiary/aromatic N) is 1. The van der Waals surface area contributed by atoms with Gasteiger partial charge < -0.3 is 4.74 Å². The second kappa shape index (κ2) is 8.53. The maximum Gasteiger partial charge on any atom is 0.246 e. The van der Waals surface area contributed by atoms with E-state index in [0.717, 1.165) is 32.6 Å².